The van der Waals surface area contributed by atoms with E-state index in [0.717, 1.165) is 56.6 Å². The number of aromatic nitrogens is 2. The first-order chi connectivity index (χ1) is 17.5. The number of hydrogen-bond acceptors (Lipinski definition) is 4. The van der Waals surface area contributed by atoms with Gasteiger partial charge in [-0.05, 0) is 60.7 Å². The minimum Gasteiger partial charge on any atom is -0.481 e. The van der Waals surface area contributed by atoms with E-state index in [-0.39, 0.29) is 12.0 Å². The number of nitrogens with zero attached hydrogens (tertiary/aromatic N) is 2. The van der Waals surface area contributed by atoms with Gasteiger partial charge in [0.15, 0.2) is 0 Å². The molecule has 0 aliphatic heterocycles. The molecule has 0 aliphatic rings. The first kappa shape index (κ1) is 23.8. The van der Waals surface area contributed by atoms with E-state index in [1.165, 1.54) is 5.56 Å². The predicted molar refractivity (Wildman–Crippen MR) is 142 cm³/mol. The Morgan fingerprint density at radius 3 is 2.39 bits per heavy atom. The van der Waals surface area contributed by atoms with Gasteiger partial charge in [-0.3, -0.25) is 4.79 Å². The van der Waals surface area contributed by atoms with Crippen LogP contribution in [-0.4, -0.2) is 31.7 Å². The van der Waals surface area contributed by atoms with Crippen LogP contribution in [0, 0.1) is 0 Å². The molecule has 0 saturated carbocycles. The lowest BCUT2D eigenvalue weighted by atomic mass is 9.99. The zero-order valence-corrected chi connectivity index (χ0v) is 20.5. The van der Waals surface area contributed by atoms with Gasteiger partial charge in [0.05, 0.1) is 27.2 Å². The van der Waals surface area contributed by atoms with Gasteiger partial charge < -0.3 is 14.8 Å². The van der Waals surface area contributed by atoms with Crippen molar-refractivity contribution in [1.29, 1.82) is 0 Å². The van der Waals surface area contributed by atoms with Crippen molar-refractivity contribution in [3.8, 4) is 0 Å². The molecular weight excluding hydrogens is 472 g/mol. The van der Waals surface area contributed by atoms with E-state index in [2.05, 4.69) is 22.8 Å². The fourth-order valence-electron chi connectivity index (χ4n) is 4.80. The Hall–Kier alpha value is -3.97. The summed E-state index contributed by atoms with van der Waals surface area (Å²) in [6.07, 6.45) is 2.97. The van der Waals surface area contributed by atoms with Gasteiger partial charge in [0, 0.05) is 29.6 Å². The summed E-state index contributed by atoms with van der Waals surface area (Å²) in [6.45, 7) is 0.332. The third-order valence-electron chi connectivity index (χ3n) is 6.50. The van der Waals surface area contributed by atoms with Gasteiger partial charge in [-0.1, -0.05) is 42.5 Å². The largest absolute Gasteiger partial charge is 0.481 e. The molecule has 0 spiro atoms. The van der Waals surface area contributed by atoms with Crippen LogP contribution in [0.15, 0.2) is 72.8 Å². The fraction of sp³-hybridized carbons (Fsp3) is 0.207. The van der Waals surface area contributed by atoms with Crippen LogP contribution in [0.25, 0.3) is 21.1 Å². The van der Waals surface area contributed by atoms with Gasteiger partial charge in [0.25, 0.3) is 0 Å². The number of carboxylic acids is 2. The highest BCUT2D eigenvalue weighted by Crippen LogP contribution is 2.31. The number of carboxylic acid groups (broad SMARTS) is 2. The van der Waals surface area contributed by atoms with Crippen LogP contribution in [0.1, 0.15) is 38.6 Å². The van der Waals surface area contributed by atoms with Crippen molar-refractivity contribution in [2.75, 3.05) is 0 Å². The first-order valence-electron chi connectivity index (χ1n) is 12.0. The van der Waals surface area contributed by atoms with E-state index >= 15 is 0 Å². The molecule has 0 amide bonds. The second kappa shape index (κ2) is 10.3. The molecule has 36 heavy (non-hydrogen) atoms. The molecule has 0 radical (unpaired) electrons. The van der Waals surface area contributed by atoms with Crippen LogP contribution in [0.2, 0.25) is 0 Å². The molecule has 6 nitrogen and oxygen atoms in total. The molecule has 0 bridgehead atoms. The second-order valence-electron chi connectivity index (χ2n) is 8.82. The Labute approximate surface area is 212 Å². The molecule has 0 aliphatic carbocycles. The molecule has 0 unspecified atom stereocenters. The van der Waals surface area contributed by atoms with Gasteiger partial charge in [-0.25, -0.2) is 9.78 Å². The molecule has 2 aromatic heterocycles. The summed E-state index contributed by atoms with van der Waals surface area (Å²) in [4.78, 5) is 28.0. The van der Waals surface area contributed by atoms with E-state index in [9.17, 15) is 19.8 Å². The number of benzene rings is 3. The number of carbonyl (C=O) groups is 2. The molecule has 2 N–H and O–H groups in total. The Bertz CT molecular complexity index is 1520. The third-order valence-corrected chi connectivity index (χ3v) is 7.60. The van der Waals surface area contributed by atoms with E-state index in [1.807, 2.05) is 42.5 Å². The number of rotatable bonds is 10. The average molecular weight is 499 g/mol. The summed E-state index contributed by atoms with van der Waals surface area (Å²) in [5.74, 6) is -1.83. The van der Waals surface area contributed by atoms with Crippen molar-refractivity contribution in [1.82, 2.24) is 9.55 Å². The Kier molecular flexibility index (Phi) is 6.82. The van der Waals surface area contributed by atoms with Crippen LogP contribution in [-0.2, 0) is 37.0 Å². The number of hydrogen-bond donors (Lipinski definition) is 2. The molecule has 5 rings (SSSR count). The molecule has 0 fully saturated rings. The van der Waals surface area contributed by atoms with Gasteiger partial charge in [0.1, 0.15) is 0 Å². The van der Waals surface area contributed by atoms with Crippen molar-refractivity contribution in [3.63, 3.8) is 0 Å². The maximum Gasteiger partial charge on any atom is 0.335 e. The standard InChI is InChI=1S/C29H26N2O4S/c32-28(33)16-17-31-24(14-15-27-30-23-8-4-5-9-26(23)36-27)21(12-10-19-6-2-1-3-7-19)22-18-20(29(34)35)11-13-25(22)31/h1-9,11,13,18H,10,12,14-17H2,(H,32,33)(H,34,35). The summed E-state index contributed by atoms with van der Waals surface area (Å²) in [7, 11) is 0. The summed E-state index contributed by atoms with van der Waals surface area (Å²) in [5, 5.41) is 20.9. The zero-order chi connectivity index (χ0) is 25.1. The van der Waals surface area contributed by atoms with Crippen LogP contribution >= 0.6 is 11.3 Å². The summed E-state index contributed by atoms with van der Waals surface area (Å²) in [6, 6.07) is 23.4. The van der Waals surface area contributed by atoms with Gasteiger partial charge in [-0.2, -0.15) is 0 Å². The van der Waals surface area contributed by atoms with Crippen molar-refractivity contribution in [2.45, 2.75) is 38.6 Å². The average Bonchev–Trinajstić information content (AvgIpc) is 3.43. The second-order valence-corrected chi connectivity index (χ2v) is 9.93. The van der Waals surface area contributed by atoms with E-state index < -0.39 is 11.9 Å². The minimum atomic E-state index is -0.972. The van der Waals surface area contributed by atoms with Crippen LogP contribution < -0.4 is 0 Å². The lowest BCUT2D eigenvalue weighted by molar-refractivity contribution is -0.137. The topological polar surface area (TPSA) is 92.4 Å². The molecule has 5 aromatic rings. The highest BCUT2D eigenvalue weighted by Gasteiger charge is 2.20. The summed E-state index contributed by atoms with van der Waals surface area (Å²) in [5.41, 5.74) is 5.45. The van der Waals surface area contributed by atoms with E-state index in [4.69, 9.17) is 4.98 Å². The van der Waals surface area contributed by atoms with Crippen molar-refractivity contribution < 1.29 is 19.8 Å². The SMILES string of the molecule is O=C(O)CCn1c(CCc2nc3ccccc3s2)c(CCc2ccccc2)c2cc(C(=O)O)ccc21. The summed E-state index contributed by atoms with van der Waals surface area (Å²) < 4.78 is 3.22. The minimum absolute atomic E-state index is 0.00325. The zero-order valence-electron chi connectivity index (χ0n) is 19.7. The van der Waals surface area contributed by atoms with Crippen LogP contribution in [0.5, 0.6) is 0 Å². The number of aryl methyl sites for hydroxylation is 4. The molecule has 7 heteroatoms. The lowest BCUT2D eigenvalue weighted by Gasteiger charge is -2.11. The van der Waals surface area contributed by atoms with Crippen LogP contribution in [0.3, 0.4) is 0 Å². The summed E-state index contributed by atoms with van der Waals surface area (Å²) >= 11 is 1.68. The van der Waals surface area contributed by atoms with Crippen LogP contribution in [0.4, 0.5) is 0 Å². The highest BCUT2D eigenvalue weighted by molar-refractivity contribution is 7.18. The molecular formula is C29H26N2O4S. The predicted octanol–water partition coefficient (Wildman–Crippen LogP) is 5.99. The number of aromatic carboxylic acids is 1. The van der Waals surface area contributed by atoms with Crippen molar-refractivity contribution >= 4 is 44.4 Å². The maximum absolute atomic E-state index is 11.7. The normalized spacial score (nSPS) is 11.3. The lowest BCUT2D eigenvalue weighted by Crippen LogP contribution is -2.10. The van der Waals surface area contributed by atoms with Gasteiger partial charge >= 0.3 is 11.9 Å². The van der Waals surface area contributed by atoms with Crippen molar-refractivity contribution in [3.05, 3.63) is 100 Å². The van der Waals surface area contributed by atoms with E-state index in [1.54, 1.807) is 23.5 Å². The number of para-hydroxylation sites is 1. The Balaban J connectivity index is 1.57. The molecule has 182 valence electrons. The smallest absolute Gasteiger partial charge is 0.335 e. The Morgan fingerprint density at radius 2 is 1.64 bits per heavy atom. The monoisotopic (exact) mass is 498 g/mol. The van der Waals surface area contributed by atoms with E-state index in [0.29, 0.717) is 13.0 Å². The molecule has 0 atom stereocenters. The molecule has 3 aromatic carbocycles. The van der Waals surface area contributed by atoms with Crippen molar-refractivity contribution in [2.24, 2.45) is 0 Å². The quantitative estimate of drug-likeness (QED) is 0.247. The Morgan fingerprint density at radius 1 is 0.861 bits per heavy atom. The van der Waals surface area contributed by atoms with Gasteiger partial charge in [0.2, 0.25) is 0 Å². The number of fused-ring (bicyclic) bond motifs is 2. The fourth-order valence-corrected chi connectivity index (χ4v) is 5.77. The maximum atomic E-state index is 11.7. The third kappa shape index (κ3) is 5.02. The van der Waals surface area contributed by atoms with Gasteiger partial charge in [-0.15, -0.1) is 11.3 Å². The highest BCUT2D eigenvalue weighted by atomic mass is 32.1. The molecule has 0 saturated heterocycles. The molecule has 2 heterocycles. The first-order valence-corrected chi connectivity index (χ1v) is 12.8. The number of aliphatic carboxylic acids is 1. The number of thiazole rings is 1.